The number of anilines is 1. The van der Waals surface area contributed by atoms with Gasteiger partial charge >= 0.3 is 0 Å². The highest BCUT2D eigenvalue weighted by molar-refractivity contribution is 7.17. The van der Waals surface area contributed by atoms with Crippen molar-refractivity contribution >= 4 is 28.3 Å². The van der Waals surface area contributed by atoms with Gasteiger partial charge in [0.2, 0.25) is 5.91 Å². The summed E-state index contributed by atoms with van der Waals surface area (Å²) in [5.74, 6) is 0.177. The normalized spacial score (nSPS) is 17.1. The van der Waals surface area contributed by atoms with E-state index in [9.17, 15) is 9.59 Å². The van der Waals surface area contributed by atoms with Crippen molar-refractivity contribution in [1.29, 1.82) is 0 Å². The van der Waals surface area contributed by atoms with Gasteiger partial charge in [0.25, 0.3) is 5.91 Å². The fourth-order valence-electron chi connectivity index (χ4n) is 4.16. The molecule has 30 heavy (non-hydrogen) atoms. The van der Waals surface area contributed by atoms with Gasteiger partial charge in [0, 0.05) is 51.4 Å². The number of thiazole rings is 1. The quantitative estimate of drug-likeness (QED) is 0.609. The summed E-state index contributed by atoms with van der Waals surface area (Å²) < 4.78 is 0. The van der Waals surface area contributed by atoms with Crippen LogP contribution < -0.4 is 10.2 Å². The molecular weight excluding hydrogens is 398 g/mol. The van der Waals surface area contributed by atoms with E-state index in [0.29, 0.717) is 30.1 Å². The second kappa shape index (κ2) is 11.6. The Balaban J connectivity index is 1.92. The molecule has 2 amide bonds. The van der Waals surface area contributed by atoms with Gasteiger partial charge in [-0.25, -0.2) is 4.98 Å². The molecule has 2 heterocycles. The summed E-state index contributed by atoms with van der Waals surface area (Å²) in [7, 11) is 0. The summed E-state index contributed by atoms with van der Waals surface area (Å²) in [6, 6.07) is 0.894. The van der Waals surface area contributed by atoms with Crippen LogP contribution in [0.4, 0.5) is 5.13 Å². The lowest BCUT2D eigenvalue weighted by Crippen LogP contribution is -2.44. The van der Waals surface area contributed by atoms with Crippen LogP contribution in [0.2, 0.25) is 0 Å². The first-order chi connectivity index (χ1) is 14.3. The van der Waals surface area contributed by atoms with Crippen LogP contribution in [0.1, 0.15) is 64.1 Å². The van der Waals surface area contributed by atoms with Crippen molar-refractivity contribution in [3.05, 3.63) is 11.1 Å². The molecule has 0 spiro atoms. The molecule has 2 rings (SSSR count). The van der Waals surface area contributed by atoms with E-state index >= 15 is 0 Å². The highest BCUT2D eigenvalue weighted by Crippen LogP contribution is 2.28. The monoisotopic (exact) mass is 437 g/mol. The fourth-order valence-corrected chi connectivity index (χ4v) is 5.03. The molecule has 1 fully saturated rings. The highest BCUT2D eigenvalue weighted by Gasteiger charge is 2.29. The second-order valence-electron chi connectivity index (χ2n) is 8.48. The van der Waals surface area contributed by atoms with Crippen LogP contribution in [0.15, 0.2) is 6.20 Å². The lowest BCUT2D eigenvalue weighted by Gasteiger charge is -2.34. The van der Waals surface area contributed by atoms with Crippen LogP contribution in [-0.4, -0.2) is 78.0 Å². The average molecular weight is 438 g/mol. The van der Waals surface area contributed by atoms with Crippen molar-refractivity contribution in [1.82, 2.24) is 20.1 Å². The van der Waals surface area contributed by atoms with Crippen molar-refractivity contribution in [3.8, 4) is 0 Å². The lowest BCUT2D eigenvalue weighted by molar-refractivity contribution is -0.135. The maximum Gasteiger partial charge on any atom is 0.263 e. The molecule has 0 aliphatic carbocycles. The van der Waals surface area contributed by atoms with E-state index in [1.807, 2.05) is 18.7 Å². The summed E-state index contributed by atoms with van der Waals surface area (Å²) in [5, 5.41) is 3.86. The van der Waals surface area contributed by atoms with Gasteiger partial charge in [0.1, 0.15) is 4.88 Å². The van der Waals surface area contributed by atoms with Crippen LogP contribution in [0.5, 0.6) is 0 Å². The number of amides is 2. The largest absolute Gasteiger partial charge is 0.350 e. The van der Waals surface area contributed by atoms with Crippen molar-refractivity contribution in [2.75, 3.05) is 44.2 Å². The van der Waals surface area contributed by atoms with Crippen LogP contribution in [0.25, 0.3) is 0 Å². The summed E-state index contributed by atoms with van der Waals surface area (Å²) in [5.41, 5.74) is 0. The third-order valence-electron chi connectivity index (χ3n) is 5.82. The number of rotatable bonds is 10. The molecule has 170 valence electrons. The molecule has 0 aromatic carbocycles. The lowest BCUT2D eigenvalue weighted by atomic mass is 9.97. The zero-order valence-electron chi connectivity index (χ0n) is 19.5. The smallest absolute Gasteiger partial charge is 0.263 e. The van der Waals surface area contributed by atoms with Crippen molar-refractivity contribution in [2.24, 2.45) is 5.92 Å². The van der Waals surface area contributed by atoms with Gasteiger partial charge in [-0.1, -0.05) is 11.3 Å². The molecule has 1 atom stereocenters. The van der Waals surface area contributed by atoms with Gasteiger partial charge in [-0.05, 0) is 54.4 Å². The van der Waals surface area contributed by atoms with Crippen LogP contribution in [-0.2, 0) is 4.79 Å². The first-order valence-electron chi connectivity index (χ1n) is 11.3. The molecule has 0 radical (unpaired) electrons. The Bertz CT molecular complexity index is 679. The minimum absolute atomic E-state index is 0.0119. The molecular formula is C22H39N5O2S. The standard InChI is InChI=1S/C22H39N5O2S/c1-7-25(8-2)21(29)18-10-9-12-26(15-18)22-24-14-19(30-22)20(28)23-11-13-27(16(3)4)17(5)6/h14,16-18H,7-13,15H2,1-6H3,(H,23,28). The molecule has 8 heteroatoms. The fraction of sp³-hybridized carbons (Fsp3) is 0.773. The molecule has 1 N–H and O–H groups in total. The average Bonchev–Trinajstić information content (AvgIpc) is 3.22. The van der Waals surface area contributed by atoms with E-state index in [4.69, 9.17) is 0 Å². The molecule has 1 saturated heterocycles. The molecule has 1 aromatic rings. The summed E-state index contributed by atoms with van der Waals surface area (Å²) in [6.07, 6.45) is 3.56. The molecule has 1 aliphatic heterocycles. The predicted molar refractivity (Wildman–Crippen MR) is 124 cm³/mol. The highest BCUT2D eigenvalue weighted by atomic mass is 32.1. The Labute approximate surface area is 185 Å². The Morgan fingerprint density at radius 1 is 1.23 bits per heavy atom. The van der Waals surface area contributed by atoms with Crippen LogP contribution in [0.3, 0.4) is 0 Å². The van der Waals surface area contributed by atoms with E-state index in [1.165, 1.54) is 11.3 Å². The van der Waals surface area contributed by atoms with Gasteiger partial charge in [-0.2, -0.15) is 0 Å². The number of hydrogen-bond acceptors (Lipinski definition) is 6. The van der Waals surface area contributed by atoms with Gasteiger partial charge in [-0.15, -0.1) is 0 Å². The Hall–Kier alpha value is -1.67. The predicted octanol–water partition coefficient (Wildman–Crippen LogP) is 3.08. The number of nitrogens with one attached hydrogen (secondary N) is 1. The SMILES string of the molecule is CCN(CC)C(=O)C1CCCN(c2ncc(C(=O)NCCN(C(C)C)C(C)C)s2)C1. The van der Waals surface area contributed by atoms with Gasteiger partial charge in [-0.3, -0.25) is 14.5 Å². The zero-order valence-corrected chi connectivity index (χ0v) is 20.3. The number of carbonyl (C=O) groups excluding carboxylic acids is 2. The summed E-state index contributed by atoms with van der Waals surface area (Å²) >= 11 is 1.42. The van der Waals surface area contributed by atoms with E-state index in [0.717, 1.165) is 44.2 Å². The number of piperidine rings is 1. The van der Waals surface area contributed by atoms with E-state index in [1.54, 1.807) is 6.20 Å². The minimum atomic E-state index is -0.0704. The topological polar surface area (TPSA) is 68.8 Å². The number of aromatic nitrogens is 1. The summed E-state index contributed by atoms with van der Waals surface area (Å²) in [6.45, 7) is 17.3. The molecule has 1 unspecified atom stereocenters. The van der Waals surface area contributed by atoms with E-state index in [2.05, 4.69) is 47.8 Å². The third-order valence-corrected chi connectivity index (χ3v) is 6.87. The summed E-state index contributed by atoms with van der Waals surface area (Å²) in [4.78, 5) is 36.8. The van der Waals surface area contributed by atoms with Crippen LogP contribution in [0, 0.1) is 5.92 Å². The molecule has 7 nitrogen and oxygen atoms in total. The molecule has 0 bridgehead atoms. The zero-order chi connectivity index (χ0) is 22.3. The van der Waals surface area contributed by atoms with Gasteiger partial charge < -0.3 is 15.1 Å². The second-order valence-corrected chi connectivity index (χ2v) is 9.49. The number of nitrogens with zero attached hydrogens (tertiary/aromatic N) is 4. The Morgan fingerprint density at radius 2 is 1.90 bits per heavy atom. The van der Waals surface area contributed by atoms with Crippen LogP contribution >= 0.6 is 11.3 Å². The van der Waals surface area contributed by atoms with Crippen molar-refractivity contribution < 1.29 is 9.59 Å². The maximum atomic E-state index is 12.7. The number of hydrogen-bond donors (Lipinski definition) is 1. The Kier molecular flexibility index (Phi) is 9.55. The first-order valence-corrected chi connectivity index (χ1v) is 12.1. The van der Waals surface area contributed by atoms with Crippen molar-refractivity contribution in [2.45, 2.75) is 66.5 Å². The van der Waals surface area contributed by atoms with E-state index in [-0.39, 0.29) is 17.7 Å². The molecule has 0 saturated carbocycles. The minimum Gasteiger partial charge on any atom is -0.350 e. The number of carbonyl (C=O) groups is 2. The van der Waals surface area contributed by atoms with E-state index < -0.39 is 0 Å². The van der Waals surface area contributed by atoms with Crippen molar-refractivity contribution in [3.63, 3.8) is 0 Å². The molecule has 1 aromatic heterocycles. The third kappa shape index (κ3) is 6.41. The maximum absolute atomic E-state index is 12.7. The Morgan fingerprint density at radius 3 is 2.50 bits per heavy atom. The molecule has 1 aliphatic rings. The van der Waals surface area contributed by atoms with Gasteiger partial charge in [0.05, 0.1) is 12.1 Å². The first kappa shape index (κ1) is 24.6. The van der Waals surface area contributed by atoms with Gasteiger partial charge in [0.15, 0.2) is 5.13 Å².